The van der Waals surface area contributed by atoms with E-state index in [1.807, 2.05) is 6.92 Å². The Balaban J connectivity index is 0.000000463. The summed E-state index contributed by atoms with van der Waals surface area (Å²) in [6, 6.07) is 1.65. The van der Waals surface area contributed by atoms with Crippen LogP contribution in [-0.4, -0.2) is 231 Å². The Hall–Kier alpha value is -0.640. The Morgan fingerprint density at radius 2 is 0.682 bits per heavy atom. The highest BCUT2D eigenvalue weighted by atomic mass is 16.7. The second kappa shape index (κ2) is 59.7. The molecule has 0 amide bonds. The van der Waals surface area contributed by atoms with Gasteiger partial charge in [0.2, 0.25) is 0 Å². The van der Waals surface area contributed by atoms with Crippen molar-refractivity contribution in [1.82, 2.24) is 25.3 Å². The van der Waals surface area contributed by atoms with Crippen LogP contribution in [0.1, 0.15) is 210 Å². The van der Waals surface area contributed by atoms with Crippen molar-refractivity contribution in [3.05, 3.63) is 0 Å². The topological polar surface area (TPSA) is 145 Å². The summed E-state index contributed by atoms with van der Waals surface area (Å²) in [4.78, 5) is 6.92. The zero-order chi connectivity index (χ0) is 62.2. The van der Waals surface area contributed by atoms with Crippen molar-refractivity contribution in [2.24, 2.45) is 23.7 Å². The van der Waals surface area contributed by atoms with Gasteiger partial charge < -0.3 is 77.4 Å². The molecule has 85 heavy (non-hydrogen) atoms. The molecule has 0 bridgehead atoms. The van der Waals surface area contributed by atoms with Gasteiger partial charge in [-0.3, -0.25) is 0 Å². The summed E-state index contributed by atoms with van der Waals surface area (Å²) >= 11 is 0. The molecule has 0 aromatic heterocycles. The molecule has 7 unspecified atom stereocenters. The first-order valence-electron chi connectivity index (χ1n) is 35.2. The predicted octanol–water partition coefficient (Wildman–Crippen LogP) is 12.5. The molecule has 1 aliphatic carbocycles. The monoisotopic (exact) mass is 1220 g/mol. The van der Waals surface area contributed by atoms with Crippen molar-refractivity contribution in [3.8, 4) is 0 Å². The molecular formula is C69H143N5O11. The van der Waals surface area contributed by atoms with E-state index in [1.165, 1.54) is 162 Å². The molecule has 510 valence electrons. The van der Waals surface area contributed by atoms with Crippen LogP contribution in [0.3, 0.4) is 0 Å². The fraction of sp³-hybridized carbons (Fsp3) is 1.00. The minimum absolute atomic E-state index is 0.0255. The zero-order valence-corrected chi connectivity index (χ0v) is 58.1. The molecule has 13 rings (SSSR count). The normalized spacial score (nSPS) is 29.8. The van der Waals surface area contributed by atoms with E-state index in [0.717, 1.165) is 161 Å². The molecule has 16 nitrogen and oxygen atoms in total. The van der Waals surface area contributed by atoms with Crippen LogP contribution >= 0.6 is 0 Å². The van der Waals surface area contributed by atoms with Gasteiger partial charge in [0.25, 0.3) is 0 Å². The first kappa shape index (κ1) is 82.4. The van der Waals surface area contributed by atoms with Gasteiger partial charge >= 0.3 is 0 Å². The van der Waals surface area contributed by atoms with Crippen molar-refractivity contribution in [2.75, 3.05) is 179 Å². The maximum absolute atomic E-state index is 5.40. The average Bonchev–Trinajstić information content (AvgIpc) is 4.38. The zero-order valence-electron chi connectivity index (χ0n) is 58.1. The highest BCUT2D eigenvalue weighted by Crippen LogP contribution is 2.24. The molecule has 2 N–H and O–H groups in total. The summed E-state index contributed by atoms with van der Waals surface area (Å²) in [6.07, 6.45) is 30.2. The lowest BCUT2D eigenvalue weighted by Crippen LogP contribution is -2.39. The minimum atomic E-state index is 0.0255. The van der Waals surface area contributed by atoms with Crippen molar-refractivity contribution in [2.45, 2.75) is 247 Å². The third-order valence-electron chi connectivity index (χ3n) is 16.2. The number of likely N-dealkylation sites (tertiary alicyclic amines) is 2. The molecule has 0 aromatic carbocycles. The summed E-state index contributed by atoms with van der Waals surface area (Å²) in [5.74, 6) is 3.35. The van der Waals surface area contributed by atoms with Gasteiger partial charge in [-0.15, -0.1) is 0 Å². The smallest absolute Gasteiger partial charge is 0.154 e. The Morgan fingerprint density at radius 1 is 0.282 bits per heavy atom. The number of ether oxygens (including phenoxy) is 11. The highest BCUT2D eigenvalue weighted by Gasteiger charge is 2.13. The van der Waals surface area contributed by atoms with Gasteiger partial charge in [0.15, 0.2) is 6.29 Å². The number of nitrogens with one attached hydrogen (secondary N) is 2. The van der Waals surface area contributed by atoms with Crippen LogP contribution in [-0.2, 0) is 52.1 Å². The maximum Gasteiger partial charge on any atom is 0.154 e. The van der Waals surface area contributed by atoms with Crippen molar-refractivity contribution in [1.29, 1.82) is 0 Å². The fourth-order valence-electron chi connectivity index (χ4n) is 8.83. The number of rotatable bonds is 0. The summed E-state index contributed by atoms with van der Waals surface area (Å²) in [7, 11) is 6.43. The lowest BCUT2D eigenvalue weighted by atomic mass is 9.88. The molecular weight excluding hydrogens is 1070 g/mol. The third-order valence-corrected chi connectivity index (χ3v) is 16.2. The Bertz CT molecular complexity index is 1070. The van der Waals surface area contributed by atoms with Crippen LogP contribution in [0.15, 0.2) is 0 Å². The van der Waals surface area contributed by atoms with Crippen molar-refractivity contribution < 1.29 is 52.1 Å². The molecule has 16 heteroatoms. The predicted molar refractivity (Wildman–Crippen MR) is 353 cm³/mol. The summed E-state index contributed by atoms with van der Waals surface area (Å²) in [5, 5.41) is 6.31. The van der Waals surface area contributed by atoms with E-state index in [2.05, 4.69) is 109 Å². The Labute approximate surface area is 525 Å². The van der Waals surface area contributed by atoms with Crippen LogP contribution in [0.2, 0.25) is 0 Å². The molecule has 1 saturated carbocycles. The fourth-order valence-corrected chi connectivity index (χ4v) is 8.83. The van der Waals surface area contributed by atoms with Gasteiger partial charge in [-0.05, 0) is 216 Å². The quantitative estimate of drug-likeness (QED) is 0.222. The lowest BCUT2D eigenvalue weighted by Gasteiger charge is -2.24. The van der Waals surface area contributed by atoms with Gasteiger partial charge in [0, 0.05) is 97.1 Å². The largest absolute Gasteiger partial charge is 0.381 e. The molecule has 12 aliphatic heterocycles. The summed E-state index contributed by atoms with van der Waals surface area (Å²) in [5.41, 5.74) is 0. The number of likely N-dealkylation sites (N-methyl/N-ethyl adjacent to an activating group) is 1. The number of hydrogen-bond acceptors (Lipinski definition) is 16. The van der Waals surface area contributed by atoms with Crippen molar-refractivity contribution >= 4 is 0 Å². The van der Waals surface area contributed by atoms with E-state index in [0.29, 0.717) is 31.0 Å². The first-order chi connectivity index (χ1) is 41.1. The third kappa shape index (κ3) is 63.3. The Kier molecular flexibility index (Phi) is 57.8. The maximum atomic E-state index is 5.40. The van der Waals surface area contributed by atoms with Gasteiger partial charge in [-0.1, -0.05) is 66.2 Å². The standard InChI is InChI=1S/3C7H14O.4C6H12O2.C5H11N.C5H10.2C4H9N.2C3H7N/c1-7-3-2-5-8-6-4-7;1-7-4-2-3-5-8-6-7;1-7-5-3-2-4-6-8-7;1-6-4-7-2-3-8-5-6;1-6-2-3-7-4-5-8-6;1-6-3-2-4-7-5-8-6;1-6-7-4-2-3-5-8-6;1-6-4-2-3-5-6;2*1-5-3-2-4-5;1-4-2-3-5-4;1-4-2-3-4;1-3-2-4-3/h3*7H,2-6H2,1H3;4*6H,2-5H2,1H3;2-5H2,1H3;5H,2-4H2,1H3;2-4H2,1H3;4-5H,2-3H2,1H3;2-3H2,1H3;3-4H,2H2,1H3. The molecule has 13 fully saturated rings. The van der Waals surface area contributed by atoms with E-state index in [1.54, 1.807) is 0 Å². The van der Waals surface area contributed by atoms with E-state index in [-0.39, 0.29) is 6.29 Å². The minimum Gasteiger partial charge on any atom is -0.381 e. The SMILES string of the molecule is CC1CCC1.CC1CCCCCO1.CC1CCCCOC1.CC1CCCOCC1.CC1CCCOCO1.CC1CCN1.CC1CCOCCO1.CC1CN1.CC1COCCOC1.CC1OCCCCO1.CN1CC1.CN1CCC1.CN1CCCC1. The van der Waals surface area contributed by atoms with Gasteiger partial charge in [-0.2, -0.15) is 0 Å². The molecule has 12 heterocycles. The Morgan fingerprint density at radius 3 is 1.20 bits per heavy atom. The van der Waals surface area contributed by atoms with Crippen LogP contribution in [0.5, 0.6) is 0 Å². The lowest BCUT2D eigenvalue weighted by molar-refractivity contribution is -0.112. The van der Waals surface area contributed by atoms with Gasteiger partial charge in [0.05, 0.1) is 58.0 Å². The van der Waals surface area contributed by atoms with Gasteiger partial charge in [0.1, 0.15) is 6.79 Å². The number of hydrogen-bond donors (Lipinski definition) is 2. The van der Waals surface area contributed by atoms with E-state index < -0.39 is 0 Å². The average molecular weight is 1220 g/mol. The molecule has 12 saturated heterocycles. The second-order valence-electron chi connectivity index (χ2n) is 26.3. The van der Waals surface area contributed by atoms with Crippen molar-refractivity contribution in [3.63, 3.8) is 0 Å². The molecule has 13 aliphatic rings. The highest BCUT2D eigenvalue weighted by molar-refractivity contribution is 4.76. The molecule has 0 spiro atoms. The van der Waals surface area contributed by atoms with Gasteiger partial charge in [-0.25, -0.2) is 0 Å². The number of nitrogens with zero attached hydrogens (tertiary/aromatic N) is 3. The first-order valence-corrected chi connectivity index (χ1v) is 35.2. The van der Waals surface area contributed by atoms with E-state index >= 15 is 0 Å². The summed E-state index contributed by atoms with van der Waals surface area (Å²) in [6.45, 7) is 45.7. The second-order valence-corrected chi connectivity index (χ2v) is 26.3. The van der Waals surface area contributed by atoms with Crippen LogP contribution in [0.25, 0.3) is 0 Å². The summed E-state index contributed by atoms with van der Waals surface area (Å²) < 4.78 is 57.3. The molecule has 7 atom stereocenters. The van der Waals surface area contributed by atoms with Crippen LogP contribution in [0.4, 0.5) is 0 Å². The van der Waals surface area contributed by atoms with E-state index in [9.17, 15) is 0 Å². The van der Waals surface area contributed by atoms with Crippen LogP contribution < -0.4 is 10.6 Å². The van der Waals surface area contributed by atoms with Crippen LogP contribution in [0, 0.1) is 23.7 Å². The molecule has 0 aromatic rings. The molecule has 0 radical (unpaired) electrons. The van der Waals surface area contributed by atoms with E-state index in [4.69, 9.17) is 52.1 Å².